The predicted octanol–water partition coefficient (Wildman–Crippen LogP) is 0.609. The first-order valence-electron chi connectivity index (χ1n) is 15.7. The Morgan fingerprint density at radius 1 is 0.702 bits per heavy atom. The molecule has 0 saturated carbocycles. The largest absolute Gasteiger partial charge is 0.382 e. The molecule has 18 nitrogen and oxygen atoms in total. The molecule has 0 spiro atoms. The molecule has 7 N–H and O–H groups in total. The minimum Gasteiger partial charge on any atom is -0.382 e. The number of nitrogens with two attached hydrogens (primary N) is 3. The summed E-state index contributed by atoms with van der Waals surface area (Å²) in [6.45, 7) is 12.8. The summed E-state index contributed by atoms with van der Waals surface area (Å²) in [5, 5.41) is 3.41. The van der Waals surface area contributed by atoms with Crippen LogP contribution in [0, 0.1) is 0 Å². The van der Waals surface area contributed by atoms with E-state index in [0.29, 0.717) is 53.1 Å². The molecule has 8 atom stereocenters. The van der Waals surface area contributed by atoms with Crippen LogP contribution < -0.4 is 22.5 Å². The first kappa shape index (κ1) is 32.0. The van der Waals surface area contributed by atoms with Gasteiger partial charge in [-0.3, -0.25) is 9.13 Å². The SMILES string of the molecule is CC(C)NC[C@H]1O[C@@H](n2cnc3c(N)ncnc32)[C@@H]2OC(C)(C)O[C@@H]21.CC1(C)O[C@@H]2[C@H](O1)[C@@H](CN)O[C@H]2n1cnc2c(N)ncnc21. The second-order valence-corrected chi connectivity index (χ2v) is 13.2. The lowest BCUT2D eigenvalue weighted by atomic mass is 10.1. The molecule has 0 bridgehead atoms. The highest BCUT2D eigenvalue weighted by Gasteiger charge is 2.57. The van der Waals surface area contributed by atoms with Crippen LogP contribution in [0.4, 0.5) is 11.6 Å². The van der Waals surface area contributed by atoms with Gasteiger partial charge in [-0.25, -0.2) is 29.9 Å². The average Bonchev–Trinajstić information content (AvgIpc) is 3.84. The van der Waals surface area contributed by atoms with E-state index in [1.807, 2.05) is 32.3 Å². The molecule has 47 heavy (non-hydrogen) atoms. The second-order valence-electron chi connectivity index (χ2n) is 13.2. The third-order valence-electron chi connectivity index (χ3n) is 8.53. The Hall–Kier alpha value is -3.62. The van der Waals surface area contributed by atoms with Crippen molar-refractivity contribution in [2.24, 2.45) is 5.73 Å². The maximum Gasteiger partial charge on any atom is 0.167 e. The number of hydrogen-bond acceptors (Lipinski definition) is 16. The zero-order valence-electron chi connectivity index (χ0n) is 27.2. The van der Waals surface area contributed by atoms with Crippen molar-refractivity contribution in [2.75, 3.05) is 24.6 Å². The molecule has 4 aromatic rings. The molecule has 254 valence electrons. The molecule has 0 radical (unpaired) electrons. The van der Waals surface area contributed by atoms with Gasteiger partial charge in [-0.05, 0) is 27.7 Å². The molecule has 0 aliphatic carbocycles. The third-order valence-corrected chi connectivity index (χ3v) is 8.53. The van der Waals surface area contributed by atoms with Crippen LogP contribution in [-0.2, 0) is 28.4 Å². The zero-order chi connectivity index (χ0) is 33.2. The van der Waals surface area contributed by atoms with Gasteiger partial charge in [0.15, 0.2) is 47.0 Å². The molecule has 0 amide bonds. The van der Waals surface area contributed by atoms with Crippen LogP contribution in [0.15, 0.2) is 25.3 Å². The molecule has 4 aliphatic rings. The first-order valence-corrected chi connectivity index (χ1v) is 15.7. The number of anilines is 2. The van der Waals surface area contributed by atoms with Gasteiger partial charge in [-0.15, -0.1) is 0 Å². The van der Waals surface area contributed by atoms with Gasteiger partial charge in [0.25, 0.3) is 0 Å². The lowest BCUT2D eigenvalue weighted by Crippen LogP contribution is -2.39. The van der Waals surface area contributed by atoms with E-state index < -0.39 is 17.8 Å². The summed E-state index contributed by atoms with van der Waals surface area (Å²) in [7, 11) is 0. The fourth-order valence-corrected chi connectivity index (χ4v) is 6.58. The number of fused-ring (bicyclic) bond motifs is 4. The number of aromatic nitrogens is 8. The van der Waals surface area contributed by atoms with Crippen molar-refractivity contribution in [2.45, 2.75) is 108 Å². The Labute approximate surface area is 270 Å². The van der Waals surface area contributed by atoms with Crippen LogP contribution in [0.3, 0.4) is 0 Å². The predicted molar refractivity (Wildman–Crippen MR) is 167 cm³/mol. The van der Waals surface area contributed by atoms with Gasteiger partial charge < -0.3 is 50.9 Å². The minimum atomic E-state index is -0.671. The van der Waals surface area contributed by atoms with Crippen LogP contribution in [0.5, 0.6) is 0 Å². The molecule has 18 heteroatoms. The Balaban J connectivity index is 0.000000151. The fraction of sp³-hybridized carbons (Fsp3) is 0.655. The van der Waals surface area contributed by atoms with Crippen LogP contribution in [-0.4, -0.2) is 106 Å². The number of nitrogen functional groups attached to an aromatic ring is 2. The smallest absolute Gasteiger partial charge is 0.167 e. The van der Waals surface area contributed by atoms with E-state index in [1.54, 1.807) is 17.2 Å². The van der Waals surface area contributed by atoms with Gasteiger partial charge in [-0.1, -0.05) is 13.8 Å². The highest BCUT2D eigenvalue weighted by Crippen LogP contribution is 2.45. The number of imidazole rings is 2. The van der Waals surface area contributed by atoms with E-state index in [0.717, 1.165) is 0 Å². The molecular weight excluding hydrogens is 612 g/mol. The Kier molecular flexibility index (Phi) is 8.03. The average molecular weight is 655 g/mol. The quantitative estimate of drug-likeness (QED) is 0.223. The van der Waals surface area contributed by atoms with Crippen LogP contribution >= 0.6 is 0 Å². The summed E-state index contributed by atoms with van der Waals surface area (Å²) in [6, 6.07) is 0.359. The first-order chi connectivity index (χ1) is 22.4. The minimum absolute atomic E-state index is 0.129. The van der Waals surface area contributed by atoms with Crippen molar-refractivity contribution in [3.63, 3.8) is 0 Å². The van der Waals surface area contributed by atoms with Crippen molar-refractivity contribution in [3.05, 3.63) is 25.3 Å². The van der Waals surface area contributed by atoms with Gasteiger partial charge in [-0.2, -0.15) is 0 Å². The maximum atomic E-state index is 6.27. The topological polar surface area (TPSA) is 233 Å². The molecule has 4 aliphatic heterocycles. The number of nitrogens with zero attached hydrogens (tertiary/aromatic N) is 8. The summed E-state index contributed by atoms with van der Waals surface area (Å²) in [5.74, 6) is -0.648. The molecule has 0 unspecified atom stereocenters. The molecule has 0 aromatic carbocycles. The Bertz CT molecular complexity index is 1750. The molecular formula is C29H42N12O6. The summed E-state index contributed by atoms with van der Waals surface area (Å²) in [4.78, 5) is 25.1. The van der Waals surface area contributed by atoms with Gasteiger partial charge in [0.1, 0.15) is 60.3 Å². The summed E-state index contributed by atoms with van der Waals surface area (Å²) in [6.07, 6.45) is 4.04. The lowest BCUT2D eigenvalue weighted by molar-refractivity contribution is -0.195. The summed E-state index contributed by atoms with van der Waals surface area (Å²) < 4.78 is 40.1. The van der Waals surface area contributed by atoms with Crippen molar-refractivity contribution in [1.29, 1.82) is 0 Å². The van der Waals surface area contributed by atoms with E-state index in [-0.39, 0.29) is 42.9 Å². The lowest BCUT2D eigenvalue weighted by Gasteiger charge is -2.25. The second kappa shape index (κ2) is 11.8. The maximum absolute atomic E-state index is 6.27. The van der Waals surface area contributed by atoms with E-state index in [2.05, 4.69) is 49.1 Å². The molecule has 4 saturated heterocycles. The molecule has 4 aromatic heterocycles. The number of ether oxygens (including phenoxy) is 6. The Morgan fingerprint density at radius 2 is 1.15 bits per heavy atom. The van der Waals surface area contributed by atoms with Crippen molar-refractivity contribution < 1.29 is 28.4 Å². The van der Waals surface area contributed by atoms with Crippen molar-refractivity contribution in [3.8, 4) is 0 Å². The van der Waals surface area contributed by atoms with Crippen LogP contribution in [0.25, 0.3) is 22.3 Å². The fourth-order valence-electron chi connectivity index (χ4n) is 6.58. The molecule has 8 rings (SSSR count). The van der Waals surface area contributed by atoms with Crippen molar-refractivity contribution >= 4 is 34.0 Å². The monoisotopic (exact) mass is 654 g/mol. The standard InChI is InChI=1S/C16H24N6O3.C13H18N6O3/c1-8(2)18-5-9-11-12(25-16(3,4)24-11)15(23-9)22-7-21-10-13(17)19-6-20-14(10)22;1-13(2)21-8-6(3-14)20-12(9(8)22-13)19-5-18-7-10(15)16-4-17-11(7)19/h6-9,11-12,15,18H,5H2,1-4H3,(H2,17,19,20);4-6,8-9,12H,3,14H2,1-2H3,(H2,15,16,17)/t9-,11-,12-,15-;6-,8-,9-,12-/m11/s1. The third kappa shape index (κ3) is 5.78. The van der Waals surface area contributed by atoms with E-state index in [1.165, 1.54) is 12.7 Å². The van der Waals surface area contributed by atoms with E-state index in [9.17, 15) is 0 Å². The zero-order valence-corrected chi connectivity index (χ0v) is 27.2. The molecule has 4 fully saturated rings. The number of hydrogen-bond donors (Lipinski definition) is 4. The van der Waals surface area contributed by atoms with Gasteiger partial charge in [0.2, 0.25) is 0 Å². The van der Waals surface area contributed by atoms with E-state index >= 15 is 0 Å². The number of nitrogens with one attached hydrogen (secondary N) is 1. The van der Waals surface area contributed by atoms with Gasteiger partial charge >= 0.3 is 0 Å². The van der Waals surface area contributed by atoms with Gasteiger partial charge in [0.05, 0.1) is 12.7 Å². The van der Waals surface area contributed by atoms with Crippen molar-refractivity contribution in [1.82, 2.24) is 44.4 Å². The highest BCUT2D eigenvalue weighted by atomic mass is 16.8. The summed E-state index contributed by atoms with van der Waals surface area (Å²) in [5.41, 5.74) is 19.8. The normalized spacial score (nSPS) is 32.2. The molecule has 8 heterocycles. The van der Waals surface area contributed by atoms with Crippen LogP contribution in [0.1, 0.15) is 54.0 Å². The number of rotatable bonds is 6. The van der Waals surface area contributed by atoms with Crippen LogP contribution in [0.2, 0.25) is 0 Å². The van der Waals surface area contributed by atoms with Gasteiger partial charge in [0, 0.05) is 19.1 Å². The Morgan fingerprint density at radius 3 is 1.62 bits per heavy atom. The van der Waals surface area contributed by atoms with E-state index in [4.69, 9.17) is 45.6 Å². The highest BCUT2D eigenvalue weighted by molar-refractivity contribution is 5.81. The summed E-state index contributed by atoms with van der Waals surface area (Å²) >= 11 is 0.